The molecule has 0 saturated carbocycles. The minimum Gasteiger partial charge on any atom is -0.399 e. The maximum atomic E-state index is 12.6. The molecule has 0 unspecified atom stereocenters. The molecule has 0 atom stereocenters. The predicted octanol–water partition coefficient (Wildman–Crippen LogP) is 3.30. The van der Waals surface area contributed by atoms with Gasteiger partial charge in [-0.05, 0) is 45.1 Å². The van der Waals surface area contributed by atoms with Gasteiger partial charge >= 0.3 is 0 Å². The second kappa shape index (κ2) is 6.26. The molecule has 4 nitrogen and oxygen atoms in total. The van der Waals surface area contributed by atoms with Crippen LogP contribution in [0, 0.1) is 0 Å². The third-order valence-corrected chi connectivity index (χ3v) is 7.39. The zero-order valence-corrected chi connectivity index (χ0v) is 14.1. The number of benzene rings is 1. The van der Waals surface area contributed by atoms with Crippen molar-refractivity contribution >= 4 is 43.0 Å². The van der Waals surface area contributed by atoms with E-state index in [0.29, 0.717) is 27.5 Å². The van der Waals surface area contributed by atoms with Crippen molar-refractivity contribution in [3.05, 3.63) is 45.7 Å². The first-order chi connectivity index (χ1) is 9.45. The zero-order chi connectivity index (χ0) is 14.8. The van der Waals surface area contributed by atoms with Gasteiger partial charge in [0, 0.05) is 23.2 Å². The fourth-order valence-electron chi connectivity index (χ4n) is 1.84. The molecule has 0 saturated heterocycles. The highest BCUT2D eigenvalue weighted by Gasteiger charge is 2.26. The molecule has 20 heavy (non-hydrogen) atoms. The zero-order valence-electron chi connectivity index (χ0n) is 10.9. The highest BCUT2D eigenvalue weighted by Crippen LogP contribution is 2.31. The van der Waals surface area contributed by atoms with Crippen LogP contribution in [-0.2, 0) is 16.6 Å². The molecule has 1 heterocycles. The Kier molecular flexibility index (Phi) is 4.85. The summed E-state index contributed by atoms with van der Waals surface area (Å²) < 4.78 is 27.6. The number of hydrogen-bond donors (Lipinski definition) is 1. The van der Waals surface area contributed by atoms with Crippen LogP contribution in [0.5, 0.6) is 0 Å². The summed E-state index contributed by atoms with van der Waals surface area (Å²) in [5.74, 6) is 0. The van der Waals surface area contributed by atoms with Crippen LogP contribution in [0.1, 0.15) is 12.5 Å². The molecule has 2 N–H and O–H groups in total. The first-order valence-corrected chi connectivity index (χ1v) is 9.14. The molecule has 0 amide bonds. The van der Waals surface area contributed by atoms with Crippen LogP contribution in [0.15, 0.2) is 44.4 Å². The van der Waals surface area contributed by atoms with E-state index in [2.05, 4.69) is 15.9 Å². The summed E-state index contributed by atoms with van der Waals surface area (Å²) >= 11 is 4.49. The first-order valence-electron chi connectivity index (χ1n) is 6.02. The smallest absolute Gasteiger partial charge is 0.253 e. The molecule has 0 spiro atoms. The van der Waals surface area contributed by atoms with Gasteiger partial charge in [0.15, 0.2) is 0 Å². The molecule has 7 heteroatoms. The molecular formula is C13H15BrN2O2S2. The van der Waals surface area contributed by atoms with E-state index in [-0.39, 0.29) is 0 Å². The van der Waals surface area contributed by atoms with E-state index in [4.69, 9.17) is 5.73 Å². The molecule has 0 aliphatic rings. The van der Waals surface area contributed by atoms with Crippen LogP contribution in [0.3, 0.4) is 0 Å². The maximum Gasteiger partial charge on any atom is 0.253 e. The Balaban J connectivity index is 2.31. The van der Waals surface area contributed by atoms with Crippen molar-refractivity contribution in [2.75, 3.05) is 12.3 Å². The molecule has 2 aromatic rings. The first kappa shape index (κ1) is 15.5. The van der Waals surface area contributed by atoms with Gasteiger partial charge in [0.05, 0.1) is 0 Å². The Morgan fingerprint density at radius 2 is 2.10 bits per heavy atom. The van der Waals surface area contributed by atoms with Crippen LogP contribution in [0.4, 0.5) is 5.69 Å². The summed E-state index contributed by atoms with van der Waals surface area (Å²) in [5.41, 5.74) is 7.24. The summed E-state index contributed by atoms with van der Waals surface area (Å²) in [7, 11) is -3.49. The number of sulfonamides is 1. The van der Waals surface area contributed by atoms with E-state index >= 15 is 0 Å². The average Bonchev–Trinajstić information content (AvgIpc) is 2.83. The Bertz CT molecular complexity index is 698. The SMILES string of the molecule is CCN(Cc1cccc(N)c1)S(=O)(=O)c1sccc1Br. The number of nitrogens with zero attached hydrogens (tertiary/aromatic N) is 1. The fourth-order valence-corrected chi connectivity index (χ4v) is 5.73. The molecule has 0 fully saturated rings. The van der Waals surface area contributed by atoms with Crippen LogP contribution >= 0.6 is 27.3 Å². The molecule has 0 aliphatic carbocycles. The molecule has 1 aromatic heterocycles. The van der Waals surface area contributed by atoms with Crippen molar-refractivity contribution in [1.82, 2.24) is 4.31 Å². The number of hydrogen-bond acceptors (Lipinski definition) is 4. The molecule has 0 bridgehead atoms. The minimum absolute atomic E-state index is 0.314. The molecular weight excluding hydrogens is 360 g/mol. The minimum atomic E-state index is -3.49. The van der Waals surface area contributed by atoms with Gasteiger partial charge in [-0.15, -0.1) is 11.3 Å². The normalized spacial score (nSPS) is 11.9. The summed E-state index contributed by atoms with van der Waals surface area (Å²) in [6.07, 6.45) is 0. The lowest BCUT2D eigenvalue weighted by molar-refractivity contribution is 0.424. The van der Waals surface area contributed by atoms with Gasteiger partial charge in [0.1, 0.15) is 4.21 Å². The van der Waals surface area contributed by atoms with Crippen molar-refractivity contribution in [2.24, 2.45) is 0 Å². The monoisotopic (exact) mass is 374 g/mol. The second-order valence-corrected chi connectivity index (χ2v) is 8.14. The van der Waals surface area contributed by atoms with Crippen LogP contribution in [-0.4, -0.2) is 19.3 Å². The van der Waals surface area contributed by atoms with E-state index in [1.807, 2.05) is 19.1 Å². The highest BCUT2D eigenvalue weighted by atomic mass is 79.9. The standard InChI is InChI=1S/C13H15BrN2O2S2/c1-2-16(9-10-4-3-5-11(15)8-10)20(17,18)13-12(14)6-7-19-13/h3-8H,2,9,15H2,1H3. The number of thiophene rings is 1. The summed E-state index contributed by atoms with van der Waals surface area (Å²) in [6.45, 7) is 2.54. The number of rotatable bonds is 5. The van der Waals surface area contributed by atoms with Crippen molar-refractivity contribution in [1.29, 1.82) is 0 Å². The molecule has 108 valence electrons. The summed E-state index contributed by atoms with van der Waals surface area (Å²) in [5, 5.41) is 1.76. The Morgan fingerprint density at radius 1 is 1.35 bits per heavy atom. The van der Waals surface area contributed by atoms with Gasteiger partial charge in [-0.3, -0.25) is 0 Å². The van der Waals surface area contributed by atoms with Gasteiger partial charge in [0.25, 0.3) is 10.0 Å². The largest absolute Gasteiger partial charge is 0.399 e. The third-order valence-electron chi connectivity index (χ3n) is 2.82. The second-order valence-electron chi connectivity index (χ2n) is 4.23. The van der Waals surface area contributed by atoms with Gasteiger partial charge in [-0.25, -0.2) is 8.42 Å². The Hall–Kier alpha value is -0.890. The number of nitrogens with two attached hydrogens (primary N) is 1. The number of halogens is 1. The predicted molar refractivity (Wildman–Crippen MR) is 86.1 cm³/mol. The van der Waals surface area contributed by atoms with Gasteiger partial charge in [-0.2, -0.15) is 4.31 Å². The number of anilines is 1. The van der Waals surface area contributed by atoms with Gasteiger partial charge in [-0.1, -0.05) is 19.1 Å². The molecule has 0 radical (unpaired) electrons. The Labute approximate surface area is 131 Å². The summed E-state index contributed by atoms with van der Waals surface area (Å²) in [6, 6.07) is 9.02. The van der Waals surface area contributed by atoms with Crippen molar-refractivity contribution in [2.45, 2.75) is 17.7 Å². The lowest BCUT2D eigenvalue weighted by atomic mass is 10.2. The fraction of sp³-hybridized carbons (Fsp3) is 0.231. The lowest BCUT2D eigenvalue weighted by Gasteiger charge is -2.20. The number of nitrogen functional groups attached to an aromatic ring is 1. The van der Waals surface area contributed by atoms with Gasteiger partial charge < -0.3 is 5.73 Å². The summed E-state index contributed by atoms with van der Waals surface area (Å²) in [4.78, 5) is 0. The van der Waals surface area contributed by atoms with E-state index in [1.165, 1.54) is 15.6 Å². The average molecular weight is 375 g/mol. The van der Waals surface area contributed by atoms with E-state index in [9.17, 15) is 8.42 Å². The van der Waals surface area contributed by atoms with Crippen molar-refractivity contribution < 1.29 is 8.42 Å². The lowest BCUT2D eigenvalue weighted by Crippen LogP contribution is -2.30. The van der Waals surface area contributed by atoms with Crippen LogP contribution in [0.25, 0.3) is 0 Å². The third kappa shape index (κ3) is 3.22. The highest BCUT2D eigenvalue weighted by molar-refractivity contribution is 9.10. The molecule has 2 rings (SSSR count). The molecule has 1 aromatic carbocycles. The Morgan fingerprint density at radius 3 is 2.65 bits per heavy atom. The van der Waals surface area contributed by atoms with Gasteiger partial charge in [0.2, 0.25) is 0 Å². The van der Waals surface area contributed by atoms with E-state index in [0.717, 1.165) is 5.56 Å². The quantitative estimate of drug-likeness (QED) is 0.816. The van der Waals surface area contributed by atoms with Crippen LogP contribution < -0.4 is 5.73 Å². The van der Waals surface area contributed by atoms with Crippen LogP contribution in [0.2, 0.25) is 0 Å². The van der Waals surface area contributed by atoms with Crippen molar-refractivity contribution in [3.63, 3.8) is 0 Å². The maximum absolute atomic E-state index is 12.6. The van der Waals surface area contributed by atoms with Crippen molar-refractivity contribution in [3.8, 4) is 0 Å². The van der Waals surface area contributed by atoms with E-state index in [1.54, 1.807) is 23.6 Å². The topological polar surface area (TPSA) is 63.4 Å². The van der Waals surface area contributed by atoms with E-state index < -0.39 is 10.0 Å². The molecule has 0 aliphatic heterocycles.